The number of halogens is 1. The molecule has 0 saturated heterocycles. The van der Waals surface area contributed by atoms with Gasteiger partial charge >= 0.3 is 0 Å². The van der Waals surface area contributed by atoms with Gasteiger partial charge < -0.3 is 15.2 Å². The van der Waals surface area contributed by atoms with Crippen molar-refractivity contribution in [1.29, 1.82) is 0 Å². The lowest BCUT2D eigenvalue weighted by atomic mass is 10.1. The van der Waals surface area contributed by atoms with E-state index in [2.05, 4.69) is 20.8 Å². The first-order valence-electron chi connectivity index (χ1n) is 10.3. The Morgan fingerprint density at radius 2 is 1.91 bits per heavy atom. The summed E-state index contributed by atoms with van der Waals surface area (Å²) in [5, 5.41) is 14.7. The van der Waals surface area contributed by atoms with Crippen LogP contribution in [-0.4, -0.2) is 32.3 Å². The van der Waals surface area contributed by atoms with E-state index in [-0.39, 0.29) is 29.4 Å². The zero-order valence-electron chi connectivity index (χ0n) is 18.5. The molecule has 3 rings (SSSR count). The van der Waals surface area contributed by atoms with E-state index in [1.54, 1.807) is 25.1 Å². The molecule has 7 nitrogen and oxygen atoms in total. The monoisotopic (exact) mass is 455 g/mol. The number of carbonyl (C=O) groups is 2. The first-order valence-corrected chi connectivity index (χ1v) is 11.3. The van der Waals surface area contributed by atoms with Crippen molar-refractivity contribution >= 4 is 29.3 Å². The molecule has 2 N–H and O–H groups in total. The van der Waals surface area contributed by atoms with E-state index in [0.717, 1.165) is 5.56 Å². The van der Waals surface area contributed by atoms with E-state index < -0.39 is 0 Å². The predicted octanol–water partition coefficient (Wildman–Crippen LogP) is 4.28. The van der Waals surface area contributed by atoms with Crippen LogP contribution in [0.1, 0.15) is 47.2 Å². The lowest BCUT2D eigenvalue weighted by Gasteiger charge is -2.15. The number of benzene rings is 2. The Hall–Kier alpha value is -3.20. The van der Waals surface area contributed by atoms with Crippen LogP contribution in [0.3, 0.4) is 0 Å². The third-order valence-corrected chi connectivity index (χ3v) is 5.92. The van der Waals surface area contributed by atoms with Crippen molar-refractivity contribution in [2.45, 2.75) is 45.4 Å². The van der Waals surface area contributed by atoms with Crippen LogP contribution in [0.15, 0.2) is 47.6 Å². The Bertz CT molecular complexity index is 1130. The zero-order chi connectivity index (χ0) is 23.3. The van der Waals surface area contributed by atoms with Crippen molar-refractivity contribution in [3.63, 3.8) is 0 Å². The first-order chi connectivity index (χ1) is 15.3. The lowest BCUT2D eigenvalue weighted by molar-refractivity contribution is -0.113. The van der Waals surface area contributed by atoms with Gasteiger partial charge in [-0.1, -0.05) is 35.5 Å². The van der Waals surface area contributed by atoms with Gasteiger partial charge in [-0.3, -0.25) is 9.59 Å². The van der Waals surface area contributed by atoms with Crippen LogP contribution in [0.5, 0.6) is 0 Å². The SMILES string of the molecule is CCn1c(SCC(=O)Nc2cccc(F)c2C)nnc1[C@@H](C)NC(=O)c1cccc(C)c1. The highest BCUT2D eigenvalue weighted by Crippen LogP contribution is 2.22. The molecule has 0 unspecified atom stereocenters. The van der Waals surface area contributed by atoms with Gasteiger partial charge in [0.25, 0.3) is 5.91 Å². The van der Waals surface area contributed by atoms with E-state index >= 15 is 0 Å². The molecule has 1 atom stereocenters. The summed E-state index contributed by atoms with van der Waals surface area (Å²) in [6, 6.07) is 11.6. The maximum Gasteiger partial charge on any atom is 0.251 e. The molecule has 1 heterocycles. The number of aryl methyl sites for hydroxylation is 1. The third kappa shape index (κ3) is 5.53. The molecule has 3 aromatic rings. The van der Waals surface area contributed by atoms with Crippen molar-refractivity contribution in [2.75, 3.05) is 11.1 Å². The van der Waals surface area contributed by atoms with Gasteiger partial charge in [0.05, 0.1) is 11.8 Å². The van der Waals surface area contributed by atoms with Crippen molar-refractivity contribution < 1.29 is 14.0 Å². The highest BCUT2D eigenvalue weighted by molar-refractivity contribution is 7.99. The van der Waals surface area contributed by atoms with Crippen LogP contribution in [0, 0.1) is 19.7 Å². The lowest BCUT2D eigenvalue weighted by Crippen LogP contribution is -2.28. The van der Waals surface area contributed by atoms with E-state index in [0.29, 0.717) is 34.3 Å². The average Bonchev–Trinajstić information content (AvgIpc) is 3.18. The van der Waals surface area contributed by atoms with Crippen molar-refractivity contribution in [3.05, 3.63) is 70.8 Å². The number of nitrogens with zero attached hydrogens (tertiary/aromatic N) is 3. The molecule has 2 amide bonds. The average molecular weight is 456 g/mol. The Morgan fingerprint density at radius 3 is 2.62 bits per heavy atom. The number of nitrogens with one attached hydrogen (secondary N) is 2. The molecule has 0 aliphatic heterocycles. The number of hydrogen-bond donors (Lipinski definition) is 2. The van der Waals surface area contributed by atoms with Gasteiger partial charge in [0.1, 0.15) is 5.82 Å². The quantitative estimate of drug-likeness (QED) is 0.495. The summed E-state index contributed by atoms with van der Waals surface area (Å²) in [6.45, 7) is 7.92. The zero-order valence-corrected chi connectivity index (χ0v) is 19.3. The molecule has 2 aromatic carbocycles. The molecule has 1 aromatic heterocycles. The number of amides is 2. The fourth-order valence-corrected chi connectivity index (χ4v) is 4.02. The maximum absolute atomic E-state index is 13.7. The number of thioether (sulfide) groups is 1. The number of anilines is 1. The summed E-state index contributed by atoms with van der Waals surface area (Å²) in [7, 11) is 0. The van der Waals surface area contributed by atoms with E-state index in [9.17, 15) is 14.0 Å². The summed E-state index contributed by atoms with van der Waals surface area (Å²) in [5.74, 6) is -0.120. The van der Waals surface area contributed by atoms with E-state index in [4.69, 9.17) is 0 Å². The first kappa shape index (κ1) is 23.5. The standard InChI is InChI=1S/C23H26FN5O2S/c1-5-29-21(16(4)25-22(31)17-9-6-8-14(2)12-17)27-28-23(29)32-13-20(30)26-19-11-7-10-18(24)15(19)3/h6-12,16H,5,13H2,1-4H3,(H,25,31)(H,26,30)/t16-/m1/s1. The maximum atomic E-state index is 13.7. The topological polar surface area (TPSA) is 88.9 Å². The third-order valence-electron chi connectivity index (χ3n) is 4.95. The molecule has 168 valence electrons. The van der Waals surface area contributed by atoms with Gasteiger partial charge in [-0.2, -0.15) is 0 Å². The van der Waals surface area contributed by atoms with E-state index in [1.165, 1.54) is 17.8 Å². The number of carbonyl (C=O) groups excluding carboxylic acids is 2. The summed E-state index contributed by atoms with van der Waals surface area (Å²) < 4.78 is 15.5. The minimum Gasteiger partial charge on any atom is -0.342 e. The molecule has 0 spiro atoms. The highest BCUT2D eigenvalue weighted by Gasteiger charge is 2.20. The van der Waals surface area contributed by atoms with Crippen molar-refractivity contribution in [1.82, 2.24) is 20.1 Å². The van der Waals surface area contributed by atoms with Crippen LogP contribution in [-0.2, 0) is 11.3 Å². The van der Waals surface area contributed by atoms with Crippen LogP contribution < -0.4 is 10.6 Å². The molecule has 9 heteroatoms. The Balaban J connectivity index is 1.64. The van der Waals surface area contributed by atoms with Gasteiger partial charge in [-0.15, -0.1) is 10.2 Å². The summed E-state index contributed by atoms with van der Waals surface area (Å²) >= 11 is 1.24. The second kappa shape index (κ2) is 10.4. The highest BCUT2D eigenvalue weighted by atomic mass is 32.2. The molecule has 0 fully saturated rings. The Kier molecular flexibility index (Phi) is 7.63. The van der Waals surface area contributed by atoms with Gasteiger partial charge in [0, 0.05) is 23.4 Å². The van der Waals surface area contributed by atoms with Gasteiger partial charge in [-0.25, -0.2) is 4.39 Å². The minimum atomic E-state index is -0.368. The number of aromatic nitrogens is 3. The number of hydrogen-bond acceptors (Lipinski definition) is 5. The molecule has 0 aliphatic carbocycles. The van der Waals surface area contributed by atoms with Gasteiger partial charge in [-0.05, 0) is 52.0 Å². The Morgan fingerprint density at radius 1 is 1.16 bits per heavy atom. The predicted molar refractivity (Wildman–Crippen MR) is 123 cm³/mol. The normalized spacial score (nSPS) is 11.8. The largest absolute Gasteiger partial charge is 0.342 e. The van der Waals surface area contributed by atoms with Crippen molar-refractivity contribution in [3.8, 4) is 0 Å². The van der Waals surface area contributed by atoms with Crippen LogP contribution in [0.25, 0.3) is 0 Å². The van der Waals surface area contributed by atoms with Crippen molar-refractivity contribution in [2.24, 2.45) is 0 Å². The Labute approximate surface area is 190 Å². The van der Waals surface area contributed by atoms with Crippen LogP contribution in [0.4, 0.5) is 10.1 Å². The smallest absolute Gasteiger partial charge is 0.251 e. The minimum absolute atomic E-state index is 0.0954. The van der Waals surface area contributed by atoms with Crippen LogP contribution in [0.2, 0.25) is 0 Å². The second-order valence-corrected chi connectivity index (χ2v) is 8.34. The van der Waals surface area contributed by atoms with E-state index in [1.807, 2.05) is 43.5 Å². The fraction of sp³-hybridized carbons (Fsp3) is 0.304. The molecular formula is C23H26FN5O2S. The fourth-order valence-electron chi connectivity index (χ4n) is 3.21. The summed E-state index contributed by atoms with van der Waals surface area (Å²) in [6.07, 6.45) is 0. The molecule has 0 radical (unpaired) electrons. The molecule has 32 heavy (non-hydrogen) atoms. The molecule has 0 saturated carbocycles. The van der Waals surface area contributed by atoms with Gasteiger partial charge in [0.2, 0.25) is 5.91 Å². The summed E-state index contributed by atoms with van der Waals surface area (Å²) in [4.78, 5) is 24.9. The summed E-state index contributed by atoms with van der Waals surface area (Å²) in [5.41, 5.74) is 2.43. The van der Waals surface area contributed by atoms with Crippen LogP contribution >= 0.6 is 11.8 Å². The van der Waals surface area contributed by atoms with Gasteiger partial charge in [0.15, 0.2) is 11.0 Å². The second-order valence-electron chi connectivity index (χ2n) is 7.40. The molecule has 0 bridgehead atoms. The molecular weight excluding hydrogens is 429 g/mol. The number of rotatable bonds is 8. The molecule has 0 aliphatic rings.